The molecule has 102 valence electrons. The normalized spacial score (nSPS) is 13.3. The van der Waals surface area contributed by atoms with Crippen molar-refractivity contribution in [1.82, 2.24) is 0 Å². The molecule has 0 bridgehead atoms. The summed E-state index contributed by atoms with van der Waals surface area (Å²) in [5.41, 5.74) is 4.40. The van der Waals surface area contributed by atoms with Crippen LogP contribution in [0.2, 0.25) is 14.8 Å². The minimum atomic E-state index is -2.13. The van der Waals surface area contributed by atoms with Crippen LogP contribution in [0.25, 0.3) is 11.1 Å². The summed E-state index contributed by atoms with van der Waals surface area (Å²) in [6.45, 7) is -0.0272. The second kappa shape index (κ2) is 4.71. The quantitative estimate of drug-likeness (QED) is 0.702. The van der Waals surface area contributed by atoms with Gasteiger partial charge in [0.25, 0.3) is 0 Å². The topological polar surface area (TPSA) is 37.3 Å². The second-order valence-corrected chi connectivity index (χ2v) is 20.9. The Morgan fingerprint density at radius 1 is 0.900 bits per heavy atom. The van der Waals surface area contributed by atoms with Gasteiger partial charge in [0.05, 0.1) is 0 Å². The Hall–Kier alpha value is -1.13. The van der Waals surface area contributed by atoms with E-state index in [1.54, 1.807) is 0 Å². The molecule has 3 rings (SSSR count). The fraction of sp³-hybridized carbons (Fsp3) is 0.235. The van der Waals surface area contributed by atoms with Crippen LogP contribution in [0, 0.1) is 0 Å². The number of aliphatic hydroxyl groups excluding tert-OH is 1. The molecule has 2 nitrogen and oxygen atoms in total. The maximum atomic E-state index is 12.5. The molecular formula is C17H18O2Sn. The number of hydrogen-bond donors (Lipinski definition) is 1. The molecule has 1 aliphatic carbocycles. The van der Waals surface area contributed by atoms with E-state index in [2.05, 4.69) is 27.0 Å². The van der Waals surface area contributed by atoms with E-state index in [-0.39, 0.29) is 12.4 Å². The zero-order valence-corrected chi connectivity index (χ0v) is 14.9. The number of carbonyl (C=O) groups excluding carboxylic acids is 1. The molecule has 0 aliphatic heterocycles. The molecule has 3 heteroatoms. The Morgan fingerprint density at radius 3 is 2.25 bits per heavy atom. The fourth-order valence-electron chi connectivity index (χ4n) is 2.69. The molecule has 1 aliphatic rings. The van der Waals surface area contributed by atoms with Crippen molar-refractivity contribution < 1.29 is 9.90 Å². The van der Waals surface area contributed by atoms with E-state index in [0.717, 1.165) is 27.8 Å². The van der Waals surface area contributed by atoms with E-state index in [4.69, 9.17) is 0 Å². The van der Waals surface area contributed by atoms with Gasteiger partial charge in [0.15, 0.2) is 0 Å². The first-order valence-corrected chi connectivity index (χ1v) is 16.8. The van der Waals surface area contributed by atoms with Gasteiger partial charge >= 0.3 is 123 Å². The summed E-state index contributed by atoms with van der Waals surface area (Å²) < 4.78 is 1.44. The van der Waals surface area contributed by atoms with E-state index in [1.807, 2.05) is 24.3 Å². The van der Waals surface area contributed by atoms with Crippen molar-refractivity contribution in [2.75, 3.05) is 0 Å². The predicted octanol–water partition coefficient (Wildman–Crippen LogP) is 2.94. The van der Waals surface area contributed by atoms with Gasteiger partial charge in [-0.2, -0.15) is 0 Å². The molecular weight excluding hydrogens is 355 g/mol. The summed E-state index contributed by atoms with van der Waals surface area (Å²) in [7, 11) is 0. The van der Waals surface area contributed by atoms with Crippen molar-refractivity contribution in [3.8, 4) is 11.1 Å². The second-order valence-electron chi connectivity index (χ2n) is 6.38. The van der Waals surface area contributed by atoms with E-state index < -0.39 is 18.4 Å². The summed E-state index contributed by atoms with van der Waals surface area (Å²) in [6.07, 6.45) is 0. The first kappa shape index (κ1) is 13.8. The van der Waals surface area contributed by atoms with Gasteiger partial charge in [-0.3, -0.25) is 0 Å². The molecule has 0 heterocycles. The average Bonchev–Trinajstić information content (AvgIpc) is 2.70. The van der Waals surface area contributed by atoms with Gasteiger partial charge in [-0.15, -0.1) is 0 Å². The monoisotopic (exact) mass is 374 g/mol. The number of aliphatic hydroxyl groups is 1. The van der Waals surface area contributed by atoms with Crippen LogP contribution >= 0.6 is 0 Å². The third-order valence-electron chi connectivity index (χ3n) is 3.93. The molecule has 0 unspecified atom stereocenters. The maximum absolute atomic E-state index is 12.5. The zero-order chi connectivity index (χ0) is 14.5. The number of ketones is 1. The first-order chi connectivity index (χ1) is 9.41. The van der Waals surface area contributed by atoms with Gasteiger partial charge in [-0.1, -0.05) is 0 Å². The minimum absolute atomic E-state index is 0.0272. The van der Waals surface area contributed by atoms with Crippen LogP contribution in [-0.2, 0) is 6.61 Å². The zero-order valence-electron chi connectivity index (χ0n) is 12.0. The molecule has 20 heavy (non-hydrogen) atoms. The molecule has 2 aromatic rings. The summed E-state index contributed by atoms with van der Waals surface area (Å²) in [5, 5.41) is 9.22. The Morgan fingerprint density at radius 2 is 1.60 bits per heavy atom. The van der Waals surface area contributed by atoms with Crippen LogP contribution in [-0.4, -0.2) is 29.3 Å². The van der Waals surface area contributed by atoms with Crippen molar-refractivity contribution >= 4 is 27.7 Å². The summed E-state index contributed by atoms with van der Waals surface area (Å²) in [4.78, 5) is 19.6. The van der Waals surface area contributed by atoms with Crippen LogP contribution in [0.1, 0.15) is 21.5 Å². The summed E-state index contributed by atoms with van der Waals surface area (Å²) >= 11 is -2.13. The van der Waals surface area contributed by atoms with E-state index in [1.165, 1.54) is 3.58 Å². The van der Waals surface area contributed by atoms with Crippen LogP contribution in [0.4, 0.5) is 0 Å². The SMILES string of the molecule is [CH3][Sn]([CH3])([CH3])[c]1ccc2c(c1)-c1ccc(CO)cc1C2=O. The van der Waals surface area contributed by atoms with Crippen molar-refractivity contribution in [2.24, 2.45) is 0 Å². The molecule has 0 fully saturated rings. The average molecular weight is 373 g/mol. The van der Waals surface area contributed by atoms with E-state index in [0.29, 0.717) is 0 Å². The molecule has 0 radical (unpaired) electrons. The number of hydrogen-bond acceptors (Lipinski definition) is 2. The van der Waals surface area contributed by atoms with Gasteiger partial charge in [0.1, 0.15) is 0 Å². The Balaban J connectivity index is 2.21. The van der Waals surface area contributed by atoms with E-state index >= 15 is 0 Å². The van der Waals surface area contributed by atoms with Crippen molar-refractivity contribution in [2.45, 2.75) is 21.4 Å². The van der Waals surface area contributed by atoms with Gasteiger partial charge in [0, 0.05) is 0 Å². The van der Waals surface area contributed by atoms with Gasteiger partial charge in [-0.05, 0) is 0 Å². The van der Waals surface area contributed by atoms with Crippen molar-refractivity contribution in [1.29, 1.82) is 0 Å². The molecule has 0 atom stereocenters. The Labute approximate surface area is 123 Å². The van der Waals surface area contributed by atoms with Crippen LogP contribution in [0.15, 0.2) is 36.4 Å². The standard InChI is InChI=1S/C14H9O2.3CH3.Sn/c15-8-9-5-6-11-10-3-1-2-4-12(10)14(16)13(11)7-9;;;;/h2-7,15H,8H2;3*1H3;. The number of fused-ring (bicyclic) bond motifs is 3. The Kier molecular flexibility index (Phi) is 3.26. The van der Waals surface area contributed by atoms with E-state index in [9.17, 15) is 9.90 Å². The molecule has 0 aromatic heterocycles. The molecule has 0 spiro atoms. The molecule has 0 amide bonds. The third kappa shape index (κ3) is 2.11. The van der Waals surface area contributed by atoms with Crippen LogP contribution in [0.5, 0.6) is 0 Å². The number of rotatable bonds is 2. The van der Waals surface area contributed by atoms with Gasteiger partial charge in [0.2, 0.25) is 0 Å². The summed E-state index contributed by atoms with van der Waals surface area (Å²) in [5.74, 6) is 0.0842. The Bertz CT molecular complexity index is 711. The van der Waals surface area contributed by atoms with Crippen molar-refractivity contribution in [3.63, 3.8) is 0 Å². The molecule has 0 saturated carbocycles. The number of benzene rings is 2. The third-order valence-corrected chi connectivity index (χ3v) is 9.76. The fourth-order valence-corrected chi connectivity index (χ4v) is 6.00. The van der Waals surface area contributed by atoms with Crippen molar-refractivity contribution in [3.05, 3.63) is 53.1 Å². The van der Waals surface area contributed by atoms with Crippen LogP contribution in [0.3, 0.4) is 0 Å². The van der Waals surface area contributed by atoms with Crippen LogP contribution < -0.4 is 3.58 Å². The predicted molar refractivity (Wildman–Crippen MR) is 84.2 cm³/mol. The van der Waals surface area contributed by atoms with Gasteiger partial charge < -0.3 is 0 Å². The molecule has 0 saturated heterocycles. The first-order valence-electron chi connectivity index (χ1n) is 6.85. The number of carbonyl (C=O) groups is 1. The summed E-state index contributed by atoms with van der Waals surface area (Å²) in [6, 6.07) is 12.0. The molecule has 2 aromatic carbocycles. The molecule has 1 N–H and O–H groups in total. The van der Waals surface area contributed by atoms with Gasteiger partial charge in [-0.25, -0.2) is 0 Å².